The lowest BCUT2D eigenvalue weighted by atomic mass is 10.1. The van der Waals surface area contributed by atoms with Crippen molar-refractivity contribution in [1.82, 2.24) is 20.2 Å². The molecule has 0 unspecified atom stereocenters. The van der Waals surface area contributed by atoms with E-state index in [0.29, 0.717) is 5.75 Å². The number of nitrogens with zero attached hydrogens (tertiary/aromatic N) is 2. The highest BCUT2D eigenvalue weighted by Crippen LogP contribution is 2.12. The number of hydrogen-bond donors (Lipinski definition) is 2. The number of nitrogens with one attached hydrogen (secondary N) is 2. The molecule has 0 atom stereocenters. The maximum atomic E-state index is 11.7. The predicted octanol–water partition coefficient (Wildman–Crippen LogP) is 2.36. The molecule has 136 valence electrons. The van der Waals surface area contributed by atoms with Crippen LogP contribution in [0.25, 0.3) is 0 Å². The lowest BCUT2D eigenvalue weighted by Gasteiger charge is -2.20. The summed E-state index contributed by atoms with van der Waals surface area (Å²) in [5.41, 5.74) is 0.947. The fourth-order valence-corrected chi connectivity index (χ4v) is 2.35. The first-order valence-electron chi connectivity index (χ1n) is 8.61. The van der Waals surface area contributed by atoms with Crippen LogP contribution in [0.5, 0.6) is 5.75 Å². The molecule has 2 N–H and O–H groups in total. The summed E-state index contributed by atoms with van der Waals surface area (Å²) in [5, 5.41) is 6.29. The van der Waals surface area contributed by atoms with Crippen LogP contribution < -0.4 is 15.4 Å². The molecule has 1 amide bonds. The zero-order valence-electron chi connectivity index (χ0n) is 15.3. The van der Waals surface area contributed by atoms with Gasteiger partial charge in [0.05, 0.1) is 6.33 Å². The monoisotopic (exact) mass is 344 g/mol. The van der Waals surface area contributed by atoms with E-state index in [1.165, 1.54) is 5.56 Å². The number of aryl methyl sites for hydroxylation is 1. The van der Waals surface area contributed by atoms with Crippen LogP contribution in [0.3, 0.4) is 0 Å². The van der Waals surface area contributed by atoms with E-state index in [1.54, 1.807) is 6.20 Å². The Balaban J connectivity index is 1.63. The second kappa shape index (κ2) is 9.22. The van der Waals surface area contributed by atoms with Crippen LogP contribution in [0.15, 0.2) is 43.0 Å². The lowest BCUT2D eigenvalue weighted by molar-refractivity contribution is -0.124. The van der Waals surface area contributed by atoms with Crippen molar-refractivity contribution in [3.63, 3.8) is 0 Å². The summed E-state index contributed by atoms with van der Waals surface area (Å²) in [6.45, 7) is 8.60. The molecular formula is C19H28N4O2. The van der Waals surface area contributed by atoms with Crippen LogP contribution in [-0.4, -0.2) is 34.1 Å². The summed E-state index contributed by atoms with van der Waals surface area (Å²) in [7, 11) is 0. The smallest absolute Gasteiger partial charge is 0.258 e. The van der Waals surface area contributed by atoms with Crippen LogP contribution >= 0.6 is 0 Å². The summed E-state index contributed by atoms with van der Waals surface area (Å²) in [6.07, 6.45) is 6.66. The van der Waals surface area contributed by atoms with Gasteiger partial charge in [-0.15, -0.1) is 0 Å². The van der Waals surface area contributed by atoms with Gasteiger partial charge >= 0.3 is 0 Å². The number of aromatic nitrogens is 2. The molecule has 0 radical (unpaired) electrons. The molecule has 0 aliphatic heterocycles. The maximum Gasteiger partial charge on any atom is 0.258 e. The lowest BCUT2D eigenvalue weighted by Crippen LogP contribution is -2.43. The molecule has 0 spiro atoms. The zero-order valence-corrected chi connectivity index (χ0v) is 15.3. The Hall–Kier alpha value is -2.34. The van der Waals surface area contributed by atoms with E-state index >= 15 is 0 Å². The number of carbonyl (C=O) groups excluding carboxylic acids is 1. The predicted molar refractivity (Wildman–Crippen MR) is 98.4 cm³/mol. The normalized spacial score (nSPS) is 11.3. The Morgan fingerprint density at radius 3 is 2.64 bits per heavy atom. The van der Waals surface area contributed by atoms with E-state index in [-0.39, 0.29) is 18.1 Å². The first kappa shape index (κ1) is 19.0. The summed E-state index contributed by atoms with van der Waals surface area (Å²) in [6, 6.07) is 7.82. The van der Waals surface area contributed by atoms with E-state index in [2.05, 4.69) is 20.2 Å². The van der Waals surface area contributed by atoms with Crippen LogP contribution in [0, 0.1) is 0 Å². The highest BCUT2D eigenvalue weighted by molar-refractivity contribution is 5.78. The van der Waals surface area contributed by atoms with E-state index in [1.807, 2.05) is 57.6 Å². The number of ether oxygens (including phenoxy) is 1. The molecule has 2 aromatic rings. The third-order valence-electron chi connectivity index (χ3n) is 3.47. The van der Waals surface area contributed by atoms with Crippen molar-refractivity contribution in [1.29, 1.82) is 0 Å². The van der Waals surface area contributed by atoms with Crippen molar-refractivity contribution in [3.05, 3.63) is 48.5 Å². The Morgan fingerprint density at radius 1 is 1.24 bits per heavy atom. The first-order chi connectivity index (χ1) is 11.9. The van der Waals surface area contributed by atoms with Gasteiger partial charge in [0, 0.05) is 31.0 Å². The Morgan fingerprint density at radius 2 is 2.00 bits per heavy atom. The molecule has 0 fully saturated rings. The van der Waals surface area contributed by atoms with Crippen molar-refractivity contribution >= 4 is 5.91 Å². The van der Waals surface area contributed by atoms with Crippen LogP contribution in [-0.2, 0) is 17.9 Å². The number of amides is 1. The minimum Gasteiger partial charge on any atom is -0.484 e. The number of carbonyl (C=O) groups is 1. The Bertz CT molecular complexity index is 630. The van der Waals surface area contributed by atoms with Crippen LogP contribution in [0.4, 0.5) is 0 Å². The van der Waals surface area contributed by atoms with E-state index < -0.39 is 0 Å². The van der Waals surface area contributed by atoms with Gasteiger partial charge in [-0.25, -0.2) is 4.98 Å². The number of benzene rings is 1. The average Bonchev–Trinajstić information content (AvgIpc) is 3.05. The second-order valence-electron chi connectivity index (χ2n) is 7.06. The highest BCUT2D eigenvalue weighted by Gasteiger charge is 2.13. The standard InChI is InChI=1S/C19H28N4O2/c1-19(2,3)22-18(24)14-25-17-7-5-16(6-8-17)13-20-9-4-11-23-12-10-21-15-23/h5-8,10,12,15,20H,4,9,11,13-14H2,1-3H3,(H,22,24). The molecule has 1 heterocycles. The van der Waals surface area contributed by atoms with Gasteiger partial charge in [-0.05, 0) is 51.4 Å². The van der Waals surface area contributed by atoms with E-state index in [0.717, 1.165) is 26.1 Å². The molecule has 0 saturated heterocycles. The summed E-state index contributed by atoms with van der Waals surface area (Å²) >= 11 is 0. The fourth-order valence-electron chi connectivity index (χ4n) is 2.35. The Labute approximate surface area is 149 Å². The molecule has 0 aliphatic carbocycles. The minimum atomic E-state index is -0.242. The second-order valence-corrected chi connectivity index (χ2v) is 7.06. The van der Waals surface area contributed by atoms with Crippen molar-refractivity contribution in [2.24, 2.45) is 0 Å². The molecule has 25 heavy (non-hydrogen) atoms. The summed E-state index contributed by atoms with van der Waals surface area (Å²) in [4.78, 5) is 15.8. The Kier molecular flexibility index (Phi) is 7.01. The highest BCUT2D eigenvalue weighted by atomic mass is 16.5. The third-order valence-corrected chi connectivity index (χ3v) is 3.47. The molecule has 0 aliphatic rings. The molecule has 2 rings (SSSR count). The zero-order chi connectivity index (χ0) is 18.1. The SMILES string of the molecule is CC(C)(C)NC(=O)COc1ccc(CNCCCn2ccnc2)cc1. The van der Waals surface area contributed by atoms with Gasteiger partial charge in [-0.3, -0.25) is 4.79 Å². The number of imidazole rings is 1. The van der Waals surface area contributed by atoms with Crippen molar-refractivity contribution in [3.8, 4) is 5.75 Å². The van der Waals surface area contributed by atoms with Crippen LogP contribution in [0.2, 0.25) is 0 Å². The fraction of sp³-hybridized carbons (Fsp3) is 0.474. The first-order valence-corrected chi connectivity index (χ1v) is 8.61. The third kappa shape index (κ3) is 7.85. The largest absolute Gasteiger partial charge is 0.484 e. The van der Waals surface area contributed by atoms with Gasteiger partial charge in [0.2, 0.25) is 0 Å². The van der Waals surface area contributed by atoms with Gasteiger partial charge in [0.15, 0.2) is 6.61 Å². The molecular weight excluding hydrogens is 316 g/mol. The molecule has 1 aromatic carbocycles. The van der Waals surface area contributed by atoms with Crippen LogP contribution in [0.1, 0.15) is 32.8 Å². The molecule has 0 bridgehead atoms. The average molecular weight is 344 g/mol. The van der Waals surface area contributed by atoms with Gasteiger partial charge < -0.3 is 19.9 Å². The number of rotatable bonds is 9. The maximum absolute atomic E-state index is 11.7. The van der Waals surface area contributed by atoms with E-state index in [9.17, 15) is 4.79 Å². The van der Waals surface area contributed by atoms with Crippen molar-refractivity contribution in [2.45, 2.75) is 45.8 Å². The summed E-state index contributed by atoms with van der Waals surface area (Å²) < 4.78 is 7.58. The van der Waals surface area contributed by atoms with Crippen molar-refractivity contribution < 1.29 is 9.53 Å². The molecule has 6 heteroatoms. The van der Waals surface area contributed by atoms with Gasteiger partial charge in [-0.1, -0.05) is 12.1 Å². The van der Waals surface area contributed by atoms with E-state index in [4.69, 9.17) is 4.74 Å². The van der Waals surface area contributed by atoms with Gasteiger partial charge in [-0.2, -0.15) is 0 Å². The summed E-state index contributed by atoms with van der Waals surface area (Å²) in [5.74, 6) is 0.587. The minimum absolute atomic E-state index is 0.0309. The molecule has 6 nitrogen and oxygen atoms in total. The number of hydrogen-bond acceptors (Lipinski definition) is 4. The molecule has 1 aromatic heterocycles. The van der Waals surface area contributed by atoms with Gasteiger partial charge in [0.25, 0.3) is 5.91 Å². The van der Waals surface area contributed by atoms with Gasteiger partial charge in [0.1, 0.15) is 5.75 Å². The van der Waals surface area contributed by atoms with Crippen molar-refractivity contribution in [2.75, 3.05) is 13.2 Å². The quantitative estimate of drug-likeness (QED) is 0.685. The molecule has 0 saturated carbocycles. The topological polar surface area (TPSA) is 68.2 Å².